The fraction of sp³-hybridized carbons (Fsp3) is 0.538. The van der Waals surface area contributed by atoms with E-state index in [1.54, 1.807) is 13.2 Å². The summed E-state index contributed by atoms with van der Waals surface area (Å²) in [6, 6.07) is 13.1. The van der Waals surface area contributed by atoms with Crippen LogP contribution in [0, 0.1) is 17.7 Å². The van der Waals surface area contributed by atoms with E-state index in [0.717, 1.165) is 55.4 Å². The summed E-state index contributed by atoms with van der Waals surface area (Å²) < 4.78 is 37.7. The first-order valence-electron chi connectivity index (χ1n) is 11.7. The van der Waals surface area contributed by atoms with E-state index >= 15 is 0 Å². The summed E-state index contributed by atoms with van der Waals surface area (Å²) in [4.78, 5) is 9.91. The second kappa shape index (κ2) is 9.97. The topological polar surface area (TPSA) is 55.8 Å². The van der Waals surface area contributed by atoms with Crippen LogP contribution in [0.3, 0.4) is 0 Å². The third-order valence-electron chi connectivity index (χ3n) is 6.99. The molecule has 0 heterocycles. The van der Waals surface area contributed by atoms with Gasteiger partial charge in [-0.05, 0) is 104 Å². The summed E-state index contributed by atoms with van der Waals surface area (Å²) in [5.41, 5.74) is 1.87. The number of methoxy groups -OCH3 is 1. The highest BCUT2D eigenvalue weighted by Gasteiger charge is 2.35. The SMILES string of the molecule is COc1ccc(F)c([C@H]2CC[C@H](COc3cccc([C@H](C[P@@](C)(=O)O)C4CC4)c3)CC2)c1. The van der Waals surface area contributed by atoms with Gasteiger partial charge in [0.2, 0.25) is 0 Å². The highest BCUT2D eigenvalue weighted by molar-refractivity contribution is 7.57. The number of halogens is 1. The Labute approximate surface area is 190 Å². The van der Waals surface area contributed by atoms with Crippen LogP contribution in [-0.4, -0.2) is 31.4 Å². The van der Waals surface area contributed by atoms with Crippen LogP contribution < -0.4 is 9.47 Å². The summed E-state index contributed by atoms with van der Waals surface area (Å²) in [5, 5.41) is 0. The molecule has 0 bridgehead atoms. The first-order chi connectivity index (χ1) is 15.3. The van der Waals surface area contributed by atoms with Crippen molar-refractivity contribution >= 4 is 7.37 Å². The van der Waals surface area contributed by atoms with Crippen LogP contribution in [-0.2, 0) is 4.57 Å². The Morgan fingerprint density at radius 1 is 1.06 bits per heavy atom. The lowest BCUT2D eigenvalue weighted by atomic mass is 9.79. The van der Waals surface area contributed by atoms with E-state index in [9.17, 15) is 13.8 Å². The lowest BCUT2D eigenvalue weighted by Gasteiger charge is -2.29. The quantitative estimate of drug-likeness (QED) is 0.430. The van der Waals surface area contributed by atoms with Gasteiger partial charge in [0.05, 0.1) is 13.7 Å². The van der Waals surface area contributed by atoms with E-state index in [4.69, 9.17) is 9.47 Å². The number of hydrogen-bond donors (Lipinski definition) is 1. The van der Waals surface area contributed by atoms with Gasteiger partial charge in [0.15, 0.2) is 7.37 Å². The molecule has 0 aromatic heterocycles. The molecule has 174 valence electrons. The predicted octanol–water partition coefficient (Wildman–Crippen LogP) is 6.58. The Morgan fingerprint density at radius 2 is 1.81 bits per heavy atom. The number of benzene rings is 2. The van der Waals surface area contributed by atoms with Gasteiger partial charge in [-0.25, -0.2) is 4.39 Å². The molecule has 2 aromatic rings. The second-order valence-corrected chi connectivity index (χ2v) is 12.1. The van der Waals surface area contributed by atoms with Crippen molar-refractivity contribution in [1.29, 1.82) is 0 Å². The van der Waals surface area contributed by atoms with Gasteiger partial charge in [0, 0.05) is 12.8 Å². The van der Waals surface area contributed by atoms with E-state index in [2.05, 4.69) is 12.1 Å². The van der Waals surface area contributed by atoms with E-state index < -0.39 is 7.37 Å². The molecule has 2 fully saturated rings. The Kier molecular flexibility index (Phi) is 7.27. The van der Waals surface area contributed by atoms with Gasteiger partial charge >= 0.3 is 0 Å². The Balaban J connectivity index is 1.32. The average Bonchev–Trinajstić information content (AvgIpc) is 3.62. The van der Waals surface area contributed by atoms with Gasteiger partial charge in [-0.1, -0.05) is 12.1 Å². The molecule has 4 rings (SSSR count). The third kappa shape index (κ3) is 6.14. The molecule has 0 amide bonds. The molecule has 2 aromatic carbocycles. The molecular weight excluding hydrogens is 426 g/mol. The Bertz CT molecular complexity index is 960. The summed E-state index contributed by atoms with van der Waals surface area (Å²) in [6.07, 6.45) is 6.52. The zero-order chi connectivity index (χ0) is 22.7. The highest BCUT2D eigenvalue weighted by Crippen LogP contribution is 2.50. The maximum atomic E-state index is 14.3. The zero-order valence-corrected chi connectivity index (χ0v) is 19.9. The lowest BCUT2D eigenvalue weighted by Crippen LogP contribution is -2.20. The molecule has 2 aliphatic rings. The largest absolute Gasteiger partial charge is 0.497 e. The second-order valence-electron chi connectivity index (χ2n) is 9.67. The molecule has 0 saturated heterocycles. The Hall–Kier alpha value is -1.84. The van der Waals surface area contributed by atoms with Crippen molar-refractivity contribution in [2.75, 3.05) is 26.5 Å². The fourth-order valence-electron chi connectivity index (χ4n) is 5.04. The van der Waals surface area contributed by atoms with Gasteiger partial charge in [-0.15, -0.1) is 0 Å². The van der Waals surface area contributed by atoms with Crippen molar-refractivity contribution < 1.29 is 23.3 Å². The normalized spacial score (nSPS) is 23.9. The summed E-state index contributed by atoms with van der Waals surface area (Å²) in [5.74, 6) is 2.72. The smallest absolute Gasteiger partial charge is 0.198 e. The highest BCUT2D eigenvalue weighted by atomic mass is 31.2. The van der Waals surface area contributed by atoms with E-state index in [-0.39, 0.29) is 17.7 Å². The zero-order valence-electron chi connectivity index (χ0n) is 19.0. The van der Waals surface area contributed by atoms with Crippen molar-refractivity contribution in [3.05, 3.63) is 59.4 Å². The van der Waals surface area contributed by atoms with Crippen molar-refractivity contribution in [2.45, 2.75) is 50.4 Å². The maximum absolute atomic E-state index is 14.3. The van der Waals surface area contributed by atoms with Crippen molar-refractivity contribution in [2.24, 2.45) is 11.8 Å². The molecular formula is C26H34FO4P. The van der Waals surface area contributed by atoms with E-state index in [1.165, 1.54) is 12.7 Å². The van der Waals surface area contributed by atoms with Crippen LogP contribution in [0.2, 0.25) is 0 Å². The van der Waals surface area contributed by atoms with Gasteiger partial charge in [-0.2, -0.15) is 0 Å². The van der Waals surface area contributed by atoms with Gasteiger partial charge < -0.3 is 14.4 Å². The van der Waals surface area contributed by atoms with Crippen LogP contribution in [0.15, 0.2) is 42.5 Å². The molecule has 32 heavy (non-hydrogen) atoms. The predicted molar refractivity (Wildman–Crippen MR) is 126 cm³/mol. The number of rotatable bonds is 9. The van der Waals surface area contributed by atoms with Gasteiger partial charge in [0.1, 0.15) is 17.3 Å². The standard InChI is InChI=1S/C26H34FO4P/c1-30-22-12-13-26(27)24(15-22)19-8-6-18(7-9-19)16-31-23-5-3-4-21(14-23)25(20-10-11-20)17-32(2,28)29/h3-5,12-15,18-20,25H,6-11,16-17H2,1-2H3,(H,28,29)/t18-,19-,25-/m1/s1. The molecule has 0 aliphatic heterocycles. The maximum Gasteiger partial charge on any atom is 0.198 e. The van der Waals surface area contributed by atoms with Crippen LogP contribution >= 0.6 is 7.37 Å². The lowest BCUT2D eigenvalue weighted by molar-refractivity contribution is 0.199. The monoisotopic (exact) mass is 460 g/mol. The van der Waals surface area contributed by atoms with Gasteiger partial charge in [-0.3, -0.25) is 4.57 Å². The minimum absolute atomic E-state index is 0.132. The molecule has 4 nitrogen and oxygen atoms in total. The van der Waals surface area contributed by atoms with Crippen molar-refractivity contribution in [1.82, 2.24) is 0 Å². The summed E-state index contributed by atoms with van der Waals surface area (Å²) >= 11 is 0. The average molecular weight is 461 g/mol. The van der Waals surface area contributed by atoms with Crippen molar-refractivity contribution in [3.8, 4) is 11.5 Å². The Morgan fingerprint density at radius 3 is 2.47 bits per heavy atom. The minimum atomic E-state index is -3.07. The molecule has 6 heteroatoms. The molecule has 2 saturated carbocycles. The van der Waals surface area contributed by atoms with Gasteiger partial charge in [0.25, 0.3) is 0 Å². The summed E-state index contributed by atoms with van der Waals surface area (Å²) in [6.45, 7) is 2.10. The third-order valence-corrected chi connectivity index (χ3v) is 8.06. The number of hydrogen-bond acceptors (Lipinski definition) is 3. The van der Waals surface area contributed by atoms with Crippen LogP contribution in [0.1, 0.15) is 61.5 Å². The molecule has 2 atom stereocenters. The van der Waals surface area contributed by atoms with E-state index in [1.807, 2.05) is 18.2 Å². The minimum Gasteiger partial charge on any atom is -0.497 e. The molecule has 0 radical (unpaired) electrons. The van der Waals surface area contributed by atoms with Crippen LogP contribution in [0.5, 0.6) is 11.5 Å². The number of ether oxygens (including phenoxy) is 2. The van der Waals surface area contributed by atoms with Crippen molar-refractivity contribution in [3.63, 3.8) is 0 Å². The summed E-state index contributed by atoms with van der Waals surface area (Å²) in [7, 11) is -1.46. The fourth-order valence-corrected chi connectivity index (χ4v) is 6.28. The molecule has 0 unspecified atom stereocenters. The molecule has 0 spiro atoms. The molecule has 1 N–H and O–H groups in total. The molecule has 2 aliphatic carbocycles. The van der Waals surface area contributed by atoms with Crippen LogP contribution in [0.25, 0.3) is 0 Å². The first kappa shape index (κ1) is 23.3. The van der Waals surface area contributed by atoms with Crippen LogP contribution in [0.4, 0.5) is 4.39 Å². The first-order valence-corrected chi connectivity index (χ1v) is 14.0. The van der Waals surface area contributed by atoms with E-state index in [0.29, 0.717) is 30.4 Å².